The minimum absolute atomic E-state index is 0.291. The molecule has 88 valence electrons. The van der Waals surface area contributed by atoms with Gasteiger partial charge in [0, 0.05) is 0 Å². The number of hydrogen-bond donors (Lipinski definition) is 0. The summed E-state index contributed by atoms with van der Waals surface area (Å²) in [5.74, 6) is 0. The SMILES string of the molecule is [Cl][Sn]([Cl])([O]C1CCCCC1)[c]1ccccc1. The van der Waals surface area contributed by atoms with Crippen molar-refractivity contribution in [2.24, 2.45) is 0 Å². The molecule has 0 saturated heterocycles. The molecule has 0 atom stereocenters. The van der Waals surface area contributed by atoms with Crippen LogP contribution in [0.3, 0.4) is 0 Å². The van der Waals surface area contributed by atoms with Crippen LogP contribution in [0.5, 0.6) is 0 Å². The average molecular weight is 366 g/mol. The summed E-state index contributed by atoms with van der Waals surface area (Å²) >= 11 is -3.50. The normalized spacial score (nSPS) is 18.6. The summed E-state index contributed by atoms with van der Waals surface area (Å²) < 4.78 is 7.02. The summed E-state index contributed by atoms with van der Waals surface area (Å²) in [5, 5.41) is 0. The van der Waals surface area contributed by atoms with Crippen LogP contribution in [0.25, 0.3) is 0 Å². The van der Waals surface area contributed by atoms with Gasteiger partial charge in [-0.3, -0.25) is 0 Å². The van der Waals surface area contributed by atoms with Crippen LogP contribution in [0.4, 0.5) is 0 Å². The predicted octanol–water partition coefficient (Wildman–Crippen LogP) is 3.66. The Kier molecular flexibility index (Phi) is 4.83. The first kappa shape index (κ1) is 13.0. The van der Waals surface area contributed by atoms with Crippen LogP contribution in [0.1, 0.15) is 32.1 Å². The van der Waals surface area contributed by atoms with Crippen molar-refractivity contribution < 1.29 is 3.07 Å². The molecule has 0 spiro atoms. The van der Waals surface area contributed by atoms with E-state index in [0.29, 0.717) is 6.10 Å². The van der Waals surface area contributed by atoms with E-state index in [1.807, 2.05) is 30.3 Å². The van der Waals surface area contributed by atoms with Gasteiger partial charge in [0.05, 0.1) is 0 Å². The van der Waals surface area contributed by atoms with E-state index in [0.717, 1.165) is 16.4 Å². The van der Waals surface area contributed by atoms with Gasteiger partial charge in [-0.05, 0) is 0 Å². The van der Waals surface area contributed by atoms with Gasteiger partial charge < -0.3 is 0 Å². The zero-order valence-corrected chi connectivity index (χ0v) is 13.5. The van der Waals surface area contributed by atoms with Crippen LogP contribution < -0.4 is 3.58 Å². The van der Waals surface area contributed by atoms with E-state index in [4.69, 9.17) is 20.9 Å². The van der Waals surface area contributed by atoms with Crippen LogP contribution in [0, 0.1) is 0 Å². The molecule has 2 rings (SSSR count). The molecule has 0 aliphatic heterocycles. The van der Waals surface area contributed by atoms with Crippen LogP contribution in [0.2, 0.25) is 0 Å². The first-order chi connectivity index (χ1) is 7.68. The van der Waals surface area contributed by atoms with Crippen molar-refractivity contribution in [3.63, 3.8) is 0 Å². The van der Waals surface area contributed by atoms with E-state index in [1.54, 1.807) is 0 Å². The van der Waals surface area contributed by atoms with Gasteiger partial charge in [-0.15, -0.1) is 0 Å². The molecule has 0 heterocycles. The number of rotatable bonds is 3. The van der Waals surface area contributed by atoms with Crippen molar-refractivity contribution in [2.45, 2.75) is 38.2 Å². The molecule has 1 aromatic carbocycles. The Hall–Kier alpha value is 0.559. The Morgan fingerprint density at radius 3 is 2.25 bits per heavy atom. The molecule has 4 heteroatoms. The van der Waals surface area contributed by atoms with E-state index in [1.165, 1.54) is 19.3 Å². The van der Waals surface area contributed by atoms with Gasteiger partial charge in [-0.25, -0.2) is 0 Å². The fourth-order valence-electron chi connectivity index (χ4n) is 2.09. The summed E-state index contributed by atoms with van der Waals surface area (Å²) in [6.07, 6.45) is 6.33. The van der Waals surface area contributed by atoms with E-state index >= 15 is 0 Å². The first-order valence-corrected chi connectivity index (χ1v) is 15.6. The van der Waals surface area contributed by atoms with Crippen molar-refractivity contribution in [1.29, 1.82) is 0 Å². The molecule has 0 unspecified atom stereocenters. The Balaban J connectivity index is 2.01. The quantitative estimate of drug-likeness (QED) is 0.743. The van der Waals surface area contributed by atoms with Crippen LogP contribution in [-0.4, -0.2) is 22.6 Å². The summed E-state index contributed by atoms with van der Waals surface area (Å²) in [7, 11) is 12.9. The average Bonchev–Trinajstić information content (AvgIpc) is 2.31. The van der Waals surface area contributed by atoms with Crippen LogP contribution >= 0.6 is 17.8 Å². The third-order valence-electron chi connectivity index (χ3n) is 2.98. The minimum atomic E-state index is -3.50. The van der Waals surface area contributed by atoms with Gasteiger partial charge in [-0.1, -0.05) is 0 Å². The molecular formula is C12H16Cl2OSn. The molecule has 1 aliphatic carbocycles. The predicted molar refractivity (Wildman–Crippen MR) is 71.5 cm³/mol. The van der Waals surface area contributed by atoms with Gasteiger partial charge in [-0.2, -0.15) is 0 Å². The second-order valence-electron chi connectivity index (χ2n) is 4.26. The Morgan fingerprint density at radius 1 is 1.00 bits per heavy atom. The van der Waals surface area contributed by atoms with Crippen LogP contribution in [-0.2, 0) is 3.07 Å². The third kappa shape index (κ3) is 3.52. The molecule has 1 fully saturated rings. The molecular weight excluding hydrogens is 350 g/mol. The molecule has 1 aromatic rings. The van der Waals surface area contributed by atoms with E-state index in [-0.39, 0.29) is 0 Å². The Morgan fingerprint density at radius 2 is 1.62 bits per heavy atom. The van der Waals surface area contributed by atoms with Gasteiger partial charge in [0.1, 0.15) is 0 Å². The Bertz CT molecular complexity index is 323. The maximum atomic E-state index is 6.45. The van der Waals surface area contributed by atoms with Crippen molar-refractivity contribution in [3.8, 4) is 0 Å². The van der Waals surface area contributed by atoms with Crippen molar-refractivity contribution in [3.05, 3.63) is 30.3 Å². The first-order valence-electron chi connectivity index (χ1n) is 5.79. The maximum absolute atomic E-state index is 6.45. The van der Waals surface area contributed by atoms with Crippen molar-refractivity contribution in [1.82, 2.24) is 0 Å². The zero-order valence-electron chi connectivity index (χ0n) is 9.16. The second-order valence-corrected chi connectivity index (χ2v) is 18.0. The summed E-state index contributed by atoms with van der Waals surface area (Å²) in [6.45, 7) is 0. The van der Waals surface area contributed by atoms with Crippen LogP contribution in [0.15, 0.2) is 30.3 Å². The van der Waals surface area contributed by atoms with Gasteiger partial charge in [0.2, 0.25) is 0 Å². The zero-order chi connectivity index (χ0) is 11.4. The molecule has 1 saturated carbocycles. The topological polar surface area (TPSA) is 9.23 Å². The third-order valence-corrected chi connectivity index (χ3v) is 11.8. The van der Waals surface area contributed by atoms with Crippen molar-refractivity contribution >= 4 is 38.0 Å². The summed E-state index contributed by atoms with van der Waals surface area (Å²) in [6, 6.07) is 9.88. The fourth-order valence-corrected chi connectivity index (χ4v) is 9.39. The van der Waals surface area contributed by atoms with E-state index in [2.05, 4.69) is 0 Å². The molecule has 0 amide bonds. The standard InChI is InChI=1S/C6H11O.C6H5.2ClH.Sn/c7-6-4-2-1-3-5-6;1-2-4-6-5-3-1;;;/h6H,1-5H2;1-5H;2*1H;/q-1;;;;+3/p-2. The molecule has 0 radical (unpaired) electrons. The van der Waals surface area contributed by atoms with Gasteiger partial charge >= 0.3 is 110 Å². The molecule has 0 aromatic heterocycles. The fraction of sp³-hybridized carbons (Fsp3) is 0.500. The molecule has 16 heavy (non-hydrogen) atoms. The molecule has 0 N–H and O–H groups in total. The molecule has 0 bridgehead atoms. The van der Waals surface area contributed by atoms with E-state index < -0.39 is 16.5 Å². The number of hydrogen-bond acceptors (Lipinski definition) is 1. The summed E-state index contributed by atoms with van der Waals surface area (Å²) in [4.78, 5) is 0. The molecule has 1 aliphatic rings. The Labute approximate surface area is 109 Å². The second kappa shape index (κ2) is 5.94. The number of benzene rings is 1. The van der Waals surface area contributed by atoms with Gasteiger partial charge in [0.25, 0.3) is 0 Å². The molecule has 1 nitrogen and oxygen atoms in total. The van der Waals surface area contributed by atoms with Crippen molar-refractivity contribution in [2.75, 3.05) is 0 Å². The summed E-state index contributed by atoms with van der Waals surface area (Å²) in [5.41, 5.74) is 0. The van der Waals surface area contributed by atoms with E-state index in [9.17, 15) is 0 Å². The number of halogens is 2. The van der Waals surface area contributed by atoms with Gasteiger partial charge in [0.15, 0.2) is 0 Å². The monoisotopic (exact) mass is 366 g/mol.